The van der Waals surface area contributed by atoms with Gasteiger partial charge in [-0.1, -0.05) is 30.3 Å². The predicted octanol–water partition coefficient (Wildman–Crippen LogP) is 4.92. The highest BCUT2D eigenvalue weighted by molar-refractivity contribution is 5.85. The van der Waals surface area contributed by atoms with Crippen molar-refractivity contribution in [2.24, 2.45) is 0 Å². The Labute approximate surface area is 166 Å². The van der Waals surface area contributed by atoms with Crippen molar-refractivity contribution in [2.45, 2.75) is 25.2 Å². The lowest BCUT2D eigenvalue weighted by Crippen LogP contribution is -2.26. The summed E-state index contributed by atoms with van der Waals surface area (Å²) in [5, 5.41) is 6.57. The maximum absolute atomic E-state index is 12.6. The minimum Gasteiger partial charge on any atom is -0.317 e. The van der Waals surface area contributed by atoms with Crippen LogP contribution in [-0.4, -0.2) is 26.2 Å². The molecule has 5 heteroatoms. The quantitative estimate of drug-likeness (QED) is 0.758. The predicted molar refractivity (Wildman–Crippen MR) is 110 cm³/mol. The molecule has 2 aliphatic heterocycles. The van der Waals surface area contributed by atoms with E-state index >= 15 is 0 Å². The summed E-state index contributed by atoms with van der Waals surface area (Å²) in [5.41, 5.74) is 3.74. The SMILES string of the molecule is Cl.Fc1ccc(C2=CCNCC2)cc1.Fc1ccc(C2CCNCC2)cc1. The average molecular weight is 393 g/mol. The molecule has 0 radical (unpaired) electrons. The van der Waals surface area contributed by atoms with Gasteiger partial charge in [0.1, 0.15) is 11.6 Å². The molecule has 2 aromatic rings. The molecule has 1 fully saturated rings. The lowest BCUT2D eigenvalue weighted by Gasteiger charge is -2.22. The summed E-state index contributed by atoms with van der Waals surface area (Å²) in [4.78, 5) is 0. The molecule has 0 unspecified atom stereocenters. The number of hydrogen-bond acceptors (Lipinski definition) is 2. The molecular formula is C22H27ClF2N2. The fourth-order valence-corrected chi connectivity index (χ4v) is 3.44. The van der Waals surface area contributed by atoms with E-state index in [0.29, 0.717) is 5.92 Å². The summed E-state index contributed by atoms with van der Waals surface area (Å²) in [7, 11) is 0. The fourth-order valence-electron chi connectivity index (χ4n) is 3.44. The van der Waals surface area contributed by atoms with Crippen molar-refractivity contribution in [2.75, 3.05) is 26.2 Å². The molecule has 2 aliphatic rings. The molecular weight excluding hydrogens is 366 g/mol. The van der Waals surface area contributed by atoms with Gasteiger partial charge in [-0.3, -0.25) is 0 Å². The van der Waals surface area contributed by atoms with Crippen LogP contribution in [0.3, 0.4) is 0 Å². The van der Waals surface area contributed by atoms with E-state index in [0.717, 1.165) is 38.2 Å². The molecule has 0 aliphatic carbocycles. The van der Waals surface area contributed by atoms with Gasteiger partial charge < -0.3 is 10.6 Å². The first-order valence-electron chi connectivity index (χ1n) is 9.34. The monoisotopic (exact) mass is 392 g/mol. The number of piperidine rings is 1. The van der Waals surface area contributed by atoms with Gasteiger partial charge in [0.2, 0.25) is 0 Å². The summed E-state index contributed by atoms with van der Waals surface area (Å²) >= 11 is 0. The summed E-state index contributed by atoms with van der Waals surface area (Å²) in [6.45, 7) is 4.11. The van der Waals surface area contributed by atoms with Crippen molar-refractivity contribution in [3.63, 3.8) is 0 Å². The van der Waals surface area contributed by atoms with Crippen LogP contribution in [0.1, 0.15) is 36.3 Å². The van der Waals surface area contributed by atoms with Gasteiger partial charge in [-0.15, -0.1) is 12.4 Å². The lowest BCUT2D eigenvalue weighted by atomic mass is 9.90. The zero-order valence-electron chi connectivity index (χ0n) is 15.4. The standard InChI is InChI=1S/C11H14FN.C11H12FN.ClH/c2*12-11-3-1-9(2-4-11)10-5-7-13-8-6-10;/h1-4,10,13H,5-8H2;1-5,13H,6-8H2;1H. The van der Waals surface area contributed by atoms with Gasteiger partial charge in [0.15, 0.2) is 0 Å². The zero-order chi connectivity index (χ0) is 18.2. The first kappa shape index (κ1) is 21.5. The highest BCUT2D eigenvalue weighted by atomic mass is 35.5. The van der Waals surface area contributed by atoms with Gasteiger partial charge >= 0.3 is 0 Å². The van der Waals surface area contributed by atoms with E-state index in [4.69, 9.17) is 0 Å². The molecule has 2 heterocycles. The highest BCUT2D eigenvalue weighted by Gasteiger charge is 2.14. The van der Waals surface area contributed by atoms with Crippen LogP contribution < -0.4 is 10.6 Å². The normalized spacial score (nSPS) is 17.2. The molecule has 146 valence electrons. The first-order valence-corrected chi connectivity index (χ1v) is 9.34. The zero-order valence-corrected chi connectivity index (χ0v) is 16.2. The minimum atomic E-state index is -0.168. The molecule has 0 atom stereocenters. The van der Waals surface area contributed by atoms with Crippen LogP contribution >= 0.6 is 12.4 Å². The van der Waals surface area contributed by atoms with Crippen LogP contribution in [0.25, 0.3) is 5.57 Å². The maximum atomic E-state index is 12.6. The van der Waals surface area contributed by atoms with Gasteiger partial charge in [0.05, 0.1) is 0 Å². The molecule has 0 amide bonds. The van der Waals surface area contributed by atoms with Crippen molar-refractivity contribution in [3.05, 3.63) is 77.4 Å². The van der Waals surface area contributed by atoms with E-state index in [9.17, 15) is 8.78 Å². The molecule has 27 heavy (non-hydrogen) atoms. The number of nitrogens with one attached hydrogen (secondary N) is 2. The average Bonchev–Trinajstić information content (AvgIpc) is 2.71. The van der Waals surface area contributed by atoms with Gasteiger partial charge in [0.25, 0.3) is 0 Å². The second-order valence-electron chi connectivity index (χ2n) is 6.77. The van der Waals surface area contributed by atoms with Crippen molar-refractivity contribution in [1.82, 2.24) is 10.6 Å². The Hall–Kier alpha value is -1.75. The number of hydrogen-bond donors (Lipinski definition) is 2. The Bertz CT molecular complexity index is 708. The van der Waals surface area contributed by atoms with E-state index in [-0.39, 0.29) is 24.0 Å². The smallest absolute Gasteiger partial charge is 0.123 e. The molecule has 0 bridgehead atoms. The Balaban J connectivity index is 0.000000187. The van der Waals surface area contributed by atoms with E-state index in [2.05, 4.69) is 16.7 Å². The highest BCUT2D eigenvalue weighted by Crippen LogP contribution is 2.24. The van der Waals surface area contributed by atoms with Crippen molar-refractivity contribution in [1.29, 1.82) is 0 Å². The third kappa shape index (κ3) is 6.73. The number of benzene rings is 2. The molecule has 2 nitrogen and oxygen atoms in total. The van der Waals surface area contributed by atoms with Gasteiger partial charge in [-0.25, -0.2) is 8.78 Å². The summed E-state index contributed by atoms with van der Waals surface area (Å²) in [6, 6.07) is 13.6. The Kier molecular flexibility index (Phi) is 8.92. The van der Waals surface area contributed by atoms with Crippen LogP contribution in [0, 0.1) is 11.6 Å². The lowest BCUT2D eigenvalue weighted by molar-refractivity contribution is 0.460. The topological polar surface area (TPSA) is 24.1 Å². The molecule has 2 aromatic carbocycles. The molecule has 0 spiro atoms. The first-order chi connectivity index (χ1) is 12.7. The van der Waals surface area contributed by atoms with Crippen LogP contribution in [0.5, 0.6) is 0 Å². The second-order valence-corrected chi connectivity index (χ2v) is 6.77. The van der Waals surface area contributed by atoms with Crippen molar-refractivity contribution < 1.29 is 8.78 Å². The Morgan fingerprint density at radius 2 is 1.33 bits per heavy atom. The maximum Gasteiger partial charge on any atom is 0.123 e. The van der Waals surface area contributed by atoms with E-state index in [1.54, 1.807) is 12.1 Å². The van der Waals surface area contributed by atoms with E-state index < -0.39 is 0 Å². The van der Waals surface area contributed by atoms with Gasteiger partial charge in [-0.05, 0) is 85.8 Å². The van der Waals surface area contributed by atoms with E-state index in [1.807, 2.05) is 24.3 Å². The van der Waals surface area contributed by atoms with Crippen LogP contribution in [0.2, 0.25) is 0 Å². The van der Waals surface area contributed by atoms with Crippen molar-refractivity contribution in [3.8, 4) is 0 Å². The van der Waals surface area contributed by atoms with Gasteiger partial charge in [0, 0.05) is 6.54 Å². The van der Waals surface area contributed by atoms with Crippen LogP contribution in [0.4, 0.5) is 8.78 Å². The summed E-state index contributed by atoms with van der Waals surface area (Å²) in [6.07, 6.45) is 5.54. The summed E-state index contributed by atoms with van der Waals surface area (Å²) in [5.74, 6) is 0.317. The molecule has 4 rings (SSSR count). The second kappa shape index (κ2) is 11.2. The third-order valence-electron chi connectivity index (χ3n) is 4.96. The minimum absolute atomic E-state index is 0. The number of rotatable bonds is 2. The molecule has 0 saturated carbocycles. The molecule has 0 aromatic heterocycles. The third-order valence-corrected chi connectivity index (χ3v) is 4.96. The number of halogens is 3. The van der Waals surface area contributed by atoms with Crippen LogP contribution in [-0.2, 0) is 0 Å². The van der Waals surface area contributed by atoms with Crippen LogP contribution in [0.15, 0.2) is 54.6 Å². The largest absolute Gasteiger partial charge is 0.317 e. The summed E-state index contributed by atoms with van der Waals surface area (Å²) < 4.78 is 25.3. The van der Waals surface area contributed by atoms with Crippen molar-refractivity contribution >= 4 is 18.0 Å². The molecule has 2 N–H and O–H groups in total. The Morgan fingerprint density at radius 3 is 1.89 bits per heavy atom. The van der Waals surface area contributed by atoms with Gasteiger partial charge in [-0.2, -0.15) is 0 Å². The van der Waals surface area contributed by atoms with E-state index in [1.165, 1.54) is 36.1 Å². The molecule has 1 saturated heterocycles. The Morgan fingerprint density at radius 1 is 0.741 bits per heavy atom. The fraction of sp³-hybridized carbons (Fsp3) is 0.364.